The Kier molecular flexibility index (Phi) is 20.1. The average Bonchev–Trinajstić information content (AvgIpc) is 1.66. The summed E-state index contributed by atoms with van der Waals surface area (Å²) in [5.74, 6) is 0. The zero-order valence-electron chi connectivity index (χ0n) is 80.7. The number of rotatable bonds is 0. The Morgan fingerprint density at radius 3 is 1.01 bits per heavy atom. The molecule has 6 aliphatic rings. The van der Waals surface area contributed by atoms with Crippen LogP contribution in [0.1, 0.15) is 103 Å². The van der Waals surface area contributed by atoms with Crippen LogP contribution in [0.3, 0.4) is 0 Å². The summed E-state index contributed by atoms with van der Waals surface area (Å²) in [4.78, 5) is 12.0. The van der Waals surface area contributed by atoms with Gasteiger partial charge < -0.3 is 24.5 Å². The van der Waals surface area contributed by atoms with E-state index in [-0.39, 0.29) is 27.1 Å². The van der Waals surface area contributed by atoms with E-state index in [4.69, 9.17) is 0 Å². The van der Waals surface area contributed by atoms with Gasteiger partial charge in [-0.15, -0.1) is 0 Å². The van der Waals surface area contributed by atoms with Gasteiger partial charge in [0.2, 0.25) is 0 Å². The highest BCUT2D eigenvalue weighted by molar-refractivity contribution is 7.05. The second-order valence-corrected chi connectivity index (χ2v) is 55.1. The highest BCUT2D eigenvalue weighted by atomic mass is 28.3. The number of hydrogen-bond acceptors (Lipinski definition) is 5. The van der Waals surface area contributed by atoms with Crippen molar-refractivity contribution in [3.8, 4) is 11.1 Å². The van der Waals surface area contributed by atoms with Crippen LogP contribution in [0.4, 0.5) is 56.9 Å². The zero-order valence-corrected chi connectivity index (χ0v) is 83.7. The van der Waals surface area contributed by atoms with Crippen LogP contribution in [-0.2, 0) is 27.1 Å². The first-order valence-corrected chi connectivity index (χ1v) is 56.4. The molecule has 0 amide bonds. The molecule has 132 heavy (non-hydrogen) atoms. The maximum absolute atomic E-state index is 2.52. The van der Waals surface area contributed by atoms with Gasteiger partial charge in [0.1, 0.15) is 24.2 Å². The Balaban J connectivity index is 0.0000000995. The zero-order chi connectivity index (χ0) is 92.0. The van der Waals surface area contributed by atoms with Crippen molar-refractivity contribution in [1.82, 2.24) is 0 Å². The number of benzene rings is 19. The van der Waals surface area contributed by atoms with E-state index in [2.05, 4.69) is 520 Å². The fourth-order valence-electron chi connectivity index (χ4n) is 24.4. The molecule has 0 N–H and O–H groups in total. The molecule has 0 saturated heterocycles. The van der Waals surface area contributed by atoms with Crippen molar-refractivity contribution in [3.05, 3.63) is 385 Å². The highest BCUT2D eigenvalue weighted by Crippen LogP contribution is 2.59. The monoisotopic (exact) mass is 1760 g/mol. The molecule has 8 heteroatoms. The molecule has 0 atom stereocenters. The molecule has 654 valence electrons. The number of fused-ring (bicyclic) bond motifs is 28. The lowest BCUT2D eigenvalue weighted by Crippen LogP contribution is -2.60. The summed E-state index contributed by atoms with van der Waals surface area (Å²) in [5.41, 5.74) is 25.1. The second kappa shape index (κ2) is 31.0. The minimum Gasteiger partial charge on any atom is -0.345 e. The molecule has 0 radical (unpaired) electrons. The Labute approximate surface area is 784 Å². The summed E-state index contributed by atoms with van der Waals surface area (Å²) in [6, 6.07) is 130. The largest absolute Gasteiger partial charge is 0.345 e. The summed E-state index contributed by atoms with van der Waals surface area (Å²) < 4.78 is 0. The van der Waals surface area contributed by atoms with E-state index in [0.29, 0.717) is 0 Å². The fourth-order valence-corrected chi connectivity index (χ4v) is 35.0. The normalized spacial score (nSPS) is 16.6. The third-order valence-corrected chi connectivity index (χ3v) is 43.5. The van der Waals surface area contributed by atoms with Gasteiger partial charge in [-0.3, -0.25) is 0 Å². The number of para-hydroxylation sites is 3. The van der Waals surface area contributed by atoms with Crippen LogP contribution in [0.15, 0.2) is 352 Å². The molecule has 1 aliphatic carbocycles. The standard InChI is InChI=1S/2C27H27N.C24H25NSi.2C23H21NSi/c1-26(2)22-14-18-10-6-8-12-20(18)16-24(22)28(5)25-17-21-13-9-7-11-19(21)15-23(25)27(26,3)4;1-26(2)24-20-12-8-6-10-18(20)14-16-22(24)28(5)23-17-15-19-11-7-9-13-21(19)25(23)27(26,3)4;1-24(2)18-11-7-6-10-16(18)17-14-15-20-23(22(17)24)26(4,5)21-13-9-8-12-19(21)25(20)3;1-24-20-14-8-9-15-21(20)25(2,3)23-19-13-7-5-11-17(19)16-10-4-6-12-18(16)22(23)24;1-24-20-10-6-7-11-22(20)25(2,3)23-19-15-17-9-5-4-8-16(17)14-18(19)12-13-21(23)24/h2*6-17H,1-5H3;6-15H,1-5H3;2*4-15H,1-3H3. The first-order valence-electron chi connectivity index (χ1n) is 47.4. The van der Waals surface area contributed by atoms with Crippen LogP contribution in [0, 0.1) is 0 Å². The first-order chi connectivity index (χ1) is 63.2. The Hall–Kier alpha value is -13.1. The molecule has 0 bridgehead atoms. The molecule has 19 aromatic rings. The van der Waals surface area contributed by atoms with Gasteiger partial charge in [0.15, 0.2) is 0 Å². The topological polar surface area (TPSA) is 16.2 Å². The summed E-state index contributed by atoms with van der Waals surface area (Å²) in [5, 5.41) is 30.9. The van der Waals surface area contributed by atoms with E-state index >= 15 is 0 Å². The summed E-state index contributed by atoms with van der Waals surface area (Å²) >= 11 is 0. The summed E-state index contributed by atoms with van der Waals surface area (Å²) in [6.45, 7) is 39.1. The molecule has 5 aliphatic heterocycles. The van der Waals surface area contributed by atoms with Crippen molar-refractivity contribution in [1.29, 1.82) is 0 Å². The van der Waals surface area contributed by atoms with Gasteiger partial charge in [-0.25, -0.2) is 0 Å². The molecule has 0 unspecified atom stereocenters. The minimum absolute atomic E-state index is 0.0195. The van der Waals surface area contributed by atoms with E-state index in [1.165, 1.54) is 192 Å². The molecule has 5 heterocycles. The van der Waals surface area contributed by atoms with Crippen molar-refractivity contribution in [2.24, 2.45) is 0 Å². The van der Waals surface area contributed by atoms with Crippen LogP contribution in [0.2, 0.25) is 39.3 Å². The maximum atomic E-state index is 2.52. The fraction of sp³-hybridized carbons (Fsp3) is 0.210. The predicted molar refractivity (Wildman–Crippen MR) is 585 cm³/mol. The molecular weight excluding hydrogens is 1640 g/mol. The molecule has 0 spiro atoms. The lowest BCUT2D eigenvalue weighted by molar-refractivity contribution is 0.307. The Bertz CT molecular complexity index is 7780. The maximum Gasteiger partial charge on any atom is 0.118 e. The summed E-state index contributed by atoms with van der Waals surface area (Å²) in [7, 11) is 5.73. The van der Waals surface area contributed by atoms with Gasteiger partial charge in [-0.1, -0.05) is 382 Å². The Morgan fingerprint density at radius 1 is 0.189 bits per heavy atom. The van der Waals surface area contributed by atoms with Gasteiger partial charge in [-0.05, 0) is 235 Å². The molecule has 0 fully saturated rings. The third-order valence-electron chi connectivity index (χ3n) is 32.9. The van der Waals surface area contributed by atoms with Crippen LogP contribution in [0.25, 0.3) is 97.3 Å². The van der Waals surface area contributed by atoms with E-state index < -0.39 is 24.2 Å². The smallest absolute Gasteiger partial charge is 0.118 e. The van der Waals surface area contributed by atoms with E-state index in [1.54, 1.807) is 26.3 Å². The number of nitrogens with zero attached hydrogens (tertiary/aromatic N) is 5. The molecule has 19 aromatic carbocycles. The number of hydrogen-bond donors (Lipinski definition) is 0. The van der Waals surface area contributed by atoms with Crippen molar-refractivity contribution >= 4 is 198 Å². The lowest BCUT2D eigenvalue weighted by Gasteiger charge is -2.43. The minimum atomic E-state index is -1.80. The number of anilines is 10. The van der Waals surface area contributed by atoms with Crippen molar-refractivity contribution in [2.45, 2.75) is 136 Å². The van der Waals surface area contributed by atoms with Gasteiger partial charge in [-0.2, -0.15) is 0 Å². The van der Waals surface area contributed by atoms with Gasteiger partial charge >= 0.3 is 0 Å². The third kappa shape index (κ3) is 12.8. The van der Waals surface area contributed by atoms with Gasteiger partial charge in [0.05, 0.1) is 0 Å². The first kappa shape index (κ1) is 85.7. The predicted octanol–water partition coefficient (Wildman–Crippen LogP) is 29.4. The van der Waals surface area contributed by atoms with Crippen LogP contribution < -0.4 is 55.6 Å². The molecule has 25 rings (SSSR count). The average molecular weight is 1770 g/mol. The highest BCUT2D eigenvalue weighted by Gasteiger charge is 2.51. The van der Waals surface area contributed by atoms with E-state index in [0.717, 1.165) is 0 Å². The second-order valence-electron chi connectivity index (χ2n) is 42.3. The van der Waals surface area contributed by atoms with Gasteiger partial charge in [0, 0.05) is 125 Å². The van der Waals surface area contributed by atoms with E-state index in [1.807, 2.05) is 0 Å². The summed E-state index contributed by atoms with van der Waals surface area (Å²) in [6.07, 6.45) is 0. The van der Waals surface area contributed by atoms with Crippen molar-refractivity contribution in [2.75, 3.05) is 59.7 Å². The Morgan fingerprint density at radius 2 is 0.515 bits per heavy atom. The van der Waals surface area contributed by atoms with Crippen molar-refractivity contribution in [3.63, 3.8) is 0 Å². The van der Waals surface area contributed by atoms with Crippen LogP contribution in [0.5, 0.6) is 0 Å². The molecule has 0 aromatic heterocycles. The molecule has 5 nitrogen and oxygen atoms in total. The van der Waals surface area contributed by atoms with Gasteiger partial charge in [0.25, 0.3) is 0 Å². The quantitative estimate of drug-likeness (QED) is 0.0852. The van der Waals surface area contributed by atoms with Crippen LogP contribution in [-0.4, -0.2) is 59.5 Å². The molecule has 0 saturated carbocycles. The van der Waals surface area contributed by atoms with Crippen molar-refractivity contribution < 1.29 is 0 Å². The lowest BCUT2D eigenvalue weighted by atomic mass is 9.59. The van der Waals surface area contributed by atoms with Crippen LogP contribution >= 0.6 is 0 Å². The van der Waals surface area contributed by atoms with E-state index in [9.17, 15) is 0 Å². The molecular formula is C124H121N5Si3. The SMILES string of the molecule is CN1c2cc3ccccc3cc2C(C)(C)C(C)(C)c2cc3ccccc3cc21.CN1c2ccc3ccccc3c2C(C)(C)C(C)(C)c2c1ccc1ccccc21.CN1c2ccccc2[Si](C)(C)c2c1c1ccccc1c1ccccc21.CN1c2ccccc2[Si](C)(C)c2c1ccc1c2C(C)(C)c2ccccc2-1.CN1c2ccccc2[Si](C)(C)c2c1ccc1cc3ccccc3cc21.